The lowest BCUT2D eigenvalue weighted by molar-refractivity contribution is -0.120. The summed E-state index contributed by atoms with van der Waals surface area (Å²) in [6.07, 6.45) is 4.65. The first-order valence-corrected chi connectivity index (χ1v) is 7.45. The second-order valence-electron chi connectivity index (χ2n) is 5.28. The largest absolute Gasteiger partial charge is 0.355 e. The molecule has 22 heavy (non-hydrogen) atoms. The number of benzene rings is 2. The van der Waals surface area contributed by atoms with E-state index in [1.54, 1.807) is 12.4 Å². The van der Waals surface area contributed by atoms with Crippen LogP contribution in [0.25, 0.3) is 10.8 Å². The molecule has 0 saturated carbocycles. The smallest absolute Gasteiger partial charge is 0.224 e. The van der Waals surface area contributed by atoms with Gasteiger partial charge in [0.1, 0.15) is 0 Å². The molecule has 0 radical (unpaired) electrons. The van der Waals surface area contributed by atoms with Crippen molar-refractivity contribution in [2.24, 2.45) is 0 Å². The van der Waals surface area contributed by atoms with E-state index in [1.807, 2.05) is 24.3 Å². The molecule has 3 heteroatoms. The third-order valence-corrected chi connectivity index (χ3v) is 3.68. The number of nitrogens with zero attached hydrogens (tertiary/aromatic N) is 1. The Labute approximate surface area is 130 Å². The molecule has 3 aromatic rings. The van der Waals surface area contributed by atoms with E-state index in [0.717, 1.165) is 12.0 Å². The third-order valence-electron chi connectivity index (χ3n) is 3.68. The van der Waals surface area contributed by atoms with Crippen LogP contribution in [-0.4, -0.2) is 17.4 Å². The van der Waals surface area contributed by atoms with E-state index in [9.17, 15) is 4.79 Å². The number of pyridine rings is 1. The van der Waals surface area contributed by atoms with Gasteiger partial charge in [0.25, 0.3) is 0 Å². The van der Waals surface area contributed by atoms with Gasteiger partial charge in [0, 0.05) is 18.9 Å². The van der Waals surface area contributed by atoms with E-state index >= 15 is 0 Å². The molecular formula is C19H18N2O. The van der Waals surface area contributed by atoms with E-state index < -0.39 is 0 Å². The highest BCUT2D eigenvalue weighted by atomic mass is 16.1. The van der Waals surface area contributed by atoms with E-state index in [2.05, 4.69) is 40.6 Å². The van der Waals surface area contributed by atoms with Crippen molar-refractivity contribution in [1.29, 1.82) is 0 Å². The van der Waals surface area contributed by atoms with Crippen LogP contribution >= 0.6 is 0 Å². The maximum atomic E-state index is 11.9. The van der Waals surface area contributed by atoms with Crippen LogP contribution in [0.4, 0.5) is 0 Å². The molecule has 1 amide bonds. The summed E-state index contributed by atoms with van der Waals surface area (Å²) >= 11 is 0. The predicted molar refractivity (Wildman–Crippen MR) is 88.6 cm³/mol. The summed E-state index contributed by atoms with van der Waals surface area (Å²) in [6, 6.07) is 18.4. The molecule has 0 atom stereocenters. The van der Waals surface area contributed by atoms with Crippen molar-refractivity contribution in [3.8, 4) is 0 Å². The minimum atomic E-state index is 0.0354. The molecule has 0 saturated heterocycles. The molecule has 110 valence electrons. The highest BCUT2D eigenvalue weighted by Crippen LogP contribution is 2.18. The Morgan fingerprint density at radius 1 is 1.00 bits per heavy atom. The van der Waals surface area contributed by atoms with Crippen LogP contribution in [-0.2, 0) is 17.6 Å². The summed E-state index contributed by atoms with van der Waals surface area (Å²) in [5.41, 5.74) is 2.20. The number of carbonyl (C=O) groups is 1. The van der Waals surface area contributed by atoms with E-state index in [-0.39, 0.29) is 5.91 Å². The summed E-state index contributed by atoms with van der Waals surface area (Å²) in [5, 5.41) is 5.47. The van der Waals surface area contributed by atoms with Crippen molar-refractivity contribution < 1.29 is 4.79 Å². The van der Waals surface area contributed by atoms with Crippen LogP contribution in [0.15, 0.2) is 67.0 Å². The number of hydrogen-bond donors (Lipinski definition) is 1. The predicted octanol–water partition coefficient (Wildman–Crippen LogP) is 3.14. The van der Waals surface area contributed by atoms with Crippen molar-refractivity contribution in [3.63, 3.8) is 0 Å². The summed E-state index contributed by atoms with van der Waals surface area (Å²) in [4.78, 5) is 15.9. The highest BCUT2D eigenvalue weighted by Gasteiger charge is 2.04. The van der Waals surface area contributed by atoms with Gasteiger partial charge in [-0.25, -0.2) is 0 Å². The second kappa shape index (κ2) is 6.85. The van der Waals surface area contributed by atoms with Gasteiger partial charge >= 0.3 is 0 Å². The average molecular weight is 290 g/mol. The molecule has 0 aliphatic rings. The van der Waals surface area contributed by atoms with Gasteiger partial charge in [-0.2, -0.15) is 0 Å². The Morgan fingerprint density at radius 3 is 2.73 bits per heavy atom. The van der Waals surface area contributed by atoms with E-state index in [0.29, 0.717) is 13.0 Å². The van der Waals surface area contributed by atoms with Crippen LogP contribution in [0.1, 0.15) is 11.1 Å². The molecule has 0 aliphatic carbocycles. The molecule has 3 rings (SSSR count). The highest BCUT2D eigenvalue weighted by molar-refractivity contribution is 5.85. The molecule has 0 aliphatic heterocycles. The fourth-order valence-electron chi connectivity index (χ4n) is 2.60. The summed E-state index contributed by atoms with van der Waals surface area (Å²) < 4.78 is 0. The molecule has 0 spiro atoms. The minimum absolute atomic E-state index is 0.0354. The topological polar surface area (TPSA) is 42.0 Å². The molecule has 1 N–H and O–H groups in total. The van der Waals surface area contributed by atoms with Crippen LogP contribution in [0, 0.1) is 0 Å². The first-order valence-electron chi connectivity index (χ1n) is 7.45. The Hall–Kier alpha value is -2.68. The van der Waals surface area contributed by atoms with Crippen LogP contribution < -0.4 is 5.32 Å². The zero-order valence-electron chi connectivity index (χ0n) is 12.3. The Balaban J connectivity index is 1.57. The number of amides is 1. The lowest BCUT2D eigenvalue weighted by Gasteiger charge is -2.08. The Morgan fingerprint density at radius 2 is 1.86 bits per heavy atom. The van der Waals surface area contributed by atoms with Gasteiger partial charge in [0.15, 0.2) is 0 Å². The number of nitrogens with one attached hydrogen (secondary N) is 1. The maximum absolute atomic E-state index is 11.9. The Bertz CT molecular complexity index is 763. The first kappa shape index (κ1) is 14.3. The monoisotopic (exact) mass is 290 g/mol. The van der Waals surface area contributed by atoms with Gasteiger partial charge in [-0.1, -0.05) is 48.5 Å². The fourth-order valence-corrected chi connectivity index (χ4v) is 2.60. The first-order chi connectivity index (χ1) is 10.8. The number of rotatable bonds is 5. The third kappa shape index (κ3) is 3.50. The maximum Gasteiger partial charge on any atom is 0.224 e. The molecule has 0 fully saturated rings. The van der Waals surface area contributed by atoms with Gasteiger partial charge in [-0.3, -0.25) is 9.78 Å². The van der Waals surface area contributed by atoms with Gasteiger partial charge in [0.05, 0.1) is 6.42 Å². The van der Waals surface area contributed by atoms with Gasteiger partial charge in [-0.05, 0) is 34.4 Å². The normalized spacial score (nSPS) is 10.5. The van der Waals surface area contributed by atoms with Gasteiger partial charge in [-0.15, -0.1) is 0 Å². The van der Waals surface area contributed by atoms with Crippen molar-refractivity contribution >= 4 is 16.7 Å². The molecule has 2 aromatic carbocycles. The number of fused-ring (bicyclic) bond motifs is 1. The van der Waals surface area contributed by atoms with Crippen molar-refractivity contribution in [2.75, 3.05) is 6.54 Å². The molecule has 1 aromatic heterocycles. The standard InChI is InChI=1S/C19H18N2O/c22-19(13-15-5-4-11-20-14-15)21-12-10-17-8-3-7-16-6-1-2-9-18(16)17/h1-9,11,14H,10,12-13H2,(H,21,22). The average Bonchev–Trinajstić information content (AvgIpc) is 2.56. The zero-order chi connectivity index (χ0) is 15.2. The number of aromatic nitrogens is 1. The van der Waals surface area contributed by atoms with E-state index in [1.165, 1.54) is 16.3 Å². The summed E-state index contributed by atoms with van der Waals surface area (Å²) in [7, 11) is 0. The van der Waals surface area contributed by atoms with Crippen molar-refractivity contribution in [2.45, 2.75) is 12.8 Å². The summed E-state index contributed by atoms with van der Waals surface area (Å²) in [6.45, 7) is 0.646. The zero-order valence-corrected chi connectivity index (χ0v) is 12.3. The SMILES string of the molecule is O=C(Cc1cccnc1)NCCc1cccc2ccccc12. The molecule has 0 bridgehead atoms. The molecule has 1 heterocycles. The summed E-state index contributed by atoms with van der Waals surface area (Å²) in [5.74, 6) is 0.0354. The molecule has 3 nitrogen and oxygen atoms in total. The van der Waals surface area contributed by atoms with Crippen molar-refractivity contribution in [3.05, 3.63) is 78.1 Å². The second-order valence-corrected chi connectivity index (χ2v) is 5.28. The quantitative estimate of drug-likeness (QED) is 0.784. The van der Waals surface area contributed by atoms with Gasteiger partial charge < -0.3 is 5.32 Å². The number of hydrogen-bond acceptors (Lipinski definition) is 2. The van der Waals surface area contributed by atoms with Crippen LogP contribution in [0.3, 0.4) is 0 Å². The minimum Gasteiger partial charge on any atom is -0.355 e. The van der Waals surface area contributed by atoms with Crippen LogP contribution in [0.5, 0.6) is 0 Å². The number of carbonyl (C=O) groups excluding carboxylic acids is 1. The van der Waals surface area contributed by atoms with Gasteiger partial charge in [0.2, 0.25) is 5.91 Å². The van der Waals surface area contributed by atoms with E-state index in [4.69, 9.17) is 0 Å². The molecular weight excluding hydrogens is 272 g/mol. The van der Waals surface area contributed by atoms with Crippen LogP contribution in [0.2, 0.25) is 0 Å². The molecule has 0 unspecified atom stereocenters. The fraction of sp³-hybridized carbons (Fsp3) is 0.158. The Kier molecular flexibility index (Phi) is 4.44. The lowest BCUT2D eigenvalue weighted by atomic mass is 10.0. The van der Waals surface area contributed by atoms with Crippen molar-refractivity contribution in [1.82, 2.24) is 10.3 Å². The lowest BCUT2D eigenvalue weighted by Crippen LogP contribution is -2.27.